The Morgan fingerprint density at radius 3 is 2.57 bits per heavy atom. The standard InChI is InChI=1S/C30H29NO3.ClH/c1-20-17-23(30(32)33)13-14-25(20)28-18-24(34-29-12-5-4-11-27(28)29)19-31-16-15-22-9-6-8-21-7-2-3-10-26(21)22;/h2-14,17,24,28,31H,15-16,18-19H2,1H3,(H,32,33);1H. The van der Waals surface area contributed by atoms with E-state index in [2.05, 4.69) is 53.8 Å². The van der Waals surface area contributed by atoms with Crippen LogP contribution in [0.3, 0.4) is 0 Å². The number of carbonyl (C=O) groups is 1. The Hall–Kier alpha value is -3.34. The summed E-state index contributed by atoms with van der Waals surface area (Å²) < 4.78 is 6.35. The number of hydrogen-bond donors (Lipinski definition) is 2. The Morgan fingerprint density at radius 2 is 1.74 bits per heavy atom. The van der Waals surface area contributed by atoms with Crippen molar-refractivity contribution in [3.05, 3.63) is 113 Å². The summed E-state index contributed by atoms with van der Waals surface area (Å²) in [7, 11) is 0. The van der Waals surface area contributed by atoms with Crippen molar-refractivity contribution < 1.29 is 14.6 Å². The van der Waals surface area contributed by atoms with Crippen molar-refractivity contribution in [3.63, 3.8) is 0 Å². The van der Waals surface area contributed by atoms with Gasteiger partial charge in [-0.1, -0.05) is 66.7 Å². The smallest absolute Gasteiger partial charge is 0.335 e. The average molecular weight is 488 g/mol. The number of aromatic carboxylic acids is 1. The molecule has 2 unspecified atom stereocenters. The van der Waals surface area contributed by atoms with Gasteiger partial charge in [-0.25, -0.2) is 4.79 Å². The molecule has 4 aromatic rings. The van der Waals surface area contributed by atoms with Gasteiger partial charge in [0.2, 0.25) is 0 Å². The molecule has 180 valence electrons. The second-order valence-corrected chi connectivity index (χ2v) is 9.03. The number of carboxylic acid groups (broad SMARTS) is 1. The third kappa shape index (κ3) is 5.34. The molecule has 0 saturated carbocycles. The number of benzene rings is 4. The summed E-state index contributed by atoms with van der Waals surface area (Å²) >= 11 is 0. The lowest BCUT2D eigenvalue weighted by Gasteiger charge is -2.33. The fraction of sp³-hybridized carbons (Fsp3) is 0.233. The molecular formula is C30H30ClNO3. The van der Waals surface area contributed by atoms with Gasteiger partial charge in [0.1, 0.15) is 11.9 Å². The van der Waals surface area contributed by atoms with E-state index in [-0.39, 0.29) is 24.4 Å². The summed E-state index contributed by atoms with van der Waals surface area (Å²) in [6.45, 7) is 3.64. The molecule has 35 heavy (non-hydrogen) atoms. The lowest BCUT2D eigenvalue weighted by molar-refractivity contribution is 0.0696. The molecule has 0 saturated heterocycles. The first kappa shape index (κ1) is 24.8. The van der Waals surface area contributed by atoms with E-state index in [1.54, 1.807) is 12.1 Å². The maximum Gasteiger partial charge on any atom is 0.335 e. The number of ether oxygens (including phenoxy) is 1. The molecule has 1 aliphatic rings. The molecule has 4 nitrogen and oxygen atoms in total. The van der Waals surface area contributed by atoms with Crippen molar-refractivity contribution in [2.75, 3.05) is 13.1 Å². The lowest BCUT2D eigenvalue weighted by atomic mass is 9.82. The van der Waals surface area contributed by atoms with E-state index in [1.165, 1.54) is 27.5 Å². The normalized spacial score (nSPS) is 16.7. The van der Waals surface area contributed by atoms with Gasteiger partial charge in [-0.05, 0) is 72.0 Å². The van der Waals surface area contributed by atoms with Gasteiger partial charge in [0.25, 0.3) is 0 Å². The van der Waals surface area contributed by atoms with Crippen LogP contribution in [0.1, 0.15) is 45.0 Å². The average Bonchev–Trinajstić information content (AvgIpc) is 2.86. The fourth-order valence-electron chi connectivity index (χ4n) is 5.11. The number of hydrogen-bond acceptors (Lipinski definition) is 3. The van der Waals surface area contributed by atoms with Crippen molar-refractivity contribution in [3.8, 4) is 5.75 Å². The predicted molar refractivity (Wildman–Crippen MR) is 143 cm³/mol. The Bertz CT molecular complexity index is 1330. The van der Waals surface area contributed by atoms with Crippen molar-refractivity contribution >= 4 is 29.1 Å². The highest BCUT2D eigenvalue weighted by Crippen LogP contribution is 2.41. The largest absolute Gasteiger partial charge is 0.489 e. The van der Waals surface area contributed by atoms with Crippen molar-refractivity contribution in [2.45, 2.75) is 31.8 Å². The summed E-state index contributed by atoms with van der Waals surface area (Å²) in [5, 5.41) is 15.5. The zero-order valence-corrected chi connectivity index (χ0v) is 20.6. The molecular weight excluding hydrogens is 458 g/mol. The molecule has 0 aliphatic carbocycles. The van der Waals surface area contributed by atoms with E-state index in [0.29, 0.717) is 5.56 Å². The highest BCUT2D eigenvalue weighted by atomic mass is 35.5. The van der Waals surface area contributed by atoms with Crippen LogP contribution in [0.15, 0.2) is 84.9 Å². The number of carboxylic acids is 1. The summed E-state index contributed by atoms with van der Waals surface area (Å²) in [5.41, 5.74) is 5.02. The number of nitrogens with one attached hydrogen (secondary N) is 1. The van der Waals surface area contributed by atoms with Crippen molar-refractivity contribution in [2.24, 2.45) is 0 Å². The molecule has 0 bridgehead atoms. The van der Waals surface area contributed by atoms with Crippen LogP contribution in [-0.4, -0.2) is 30.3 Å². The molecule has 0 radical (unpaired) electrons. The number of rotatable bonds is 7. The summed E-state index contributed by atoms with van der Waals surface area (Å²) in [6.07, 6.45) is 1.86. The number of para-hydroxylation sites is 1. The highest BCUT2D eigenvalue weighted by molar-refractivity contribution is 5.88. The summed E-state index contributed by atoms with van der Waals surface area (Å²) in [4.78, 5) is 11.4. The van der Waals surface area contributed by atoms with E-state index in [4.69, 9.17) is 4.74 Å². The Kier molecular flexibility index (Phi) is 7.74. The Labute approximate surface area is 212 Å². The van der Waals surface area contributed by atoms with Gasteiger partial charge < -0.3 is 15.2 Å². The van der Waals surface area contributed by atoms with Crippen LogP contribution >= 0.6 is 12.4 Å². The SMILES string of the molecule is Cc1cc(C(=O)O)ccc1C1CC(CNCCc2cccc3ccccc23)Oc2ccccc21.Cl. The topological polar surface area (TPSA) is 58.6 Å². The van der Waals surface area contributed by atoms with Crippen LogP contribution < -0.4 is 10.1 Å². The van der Waals surface area contributed by atoms with Crippen LogP contribution in [0.25, 0.3) is 10.8 Å². The molecule has 0 aromatic heterocycles. The second kappa shape index (κ2) is 10.9. The quantitative estimate of drug-likeness (QED) is 0.297. The monoisotopic (exact) mass is 487 g/mol. The Morgan fingerprint density at radius 1 is 0.971 bits per heavy atom. The molecule has 2 atom stereocenters. The van der Waals surface area contributed by atoms with Crippen LogP contribution in [-0.2, 0) is 6.42 Å². The van der Waals surface area contributed by atoms with Gasteiger partial charge in [-0.15, -0.1) is 12.4 Å². The van der Waals surface area contributed by atoms with E-state index >= 15 is 0 Å². The van der Waals surface area contributed by atoms with E-state index in [1.807, 2.05) is 31.2 Å². The maximum absolute atomic E-state index is 11.4. The van der Waals surface area contributed by atoms with Gasteiger partial charge in [-0.2, -0.15) is 0 Å². The predicted octanol–water partition coefficient (Wildman–Crippen LogP) is 6.38. The van der Waals surface area contributed by atoms with E-state index in [9.17, 15) is 9.90 Å². The minimum absolute atomic E-state index is 0. The molecule has 1 aliphatic heterocycles. The zero-order chi connectivity index (χ0) is 23.5. The lowest BCUT2D eigenvalue weighted by Crippen LogP contribution is -2.36. The first-order chi connectivity index (χ1) is 16.6. The number of halogens is 1. The fourth-order valence-corrected chi connectivity index (χ4v) is 5.11. The molecule has 0 amide bonds. The minimum atomic E-state index is -0.893. The third-order valence-electron chi connectivity index (χ3n) is 6.80. The van der Waals surface area contributed by atoms with Gasteiger partial charge in [0.15, 0.2) is 0 Å². The second-order valence-electron chi connectivity index (χ2n) is 9.03. The summed E-state index contributed by atoms with van der Waals surface area (Å²) in [6, 6.07) is 28.7. The zero-order valence-electron chi connectivity index (χ0n) is 19.7. The first-order valence-corrected chi connectivity index (χ1v) is 11.9. The maximum atomic E-state index is 11.4. The van der Waals surface area contributed by atoms with Gasteiger partial charge in [-0.3, -0.25) is 0 Å². The van der Waals surface area contributed by atoms with Crippen molar-refractivity contribution in [1.29, 1.82) is 0 Å². The van der Waals surface area contributed by atoms with Gasteiger partial charge >= 0.3 is 5.97 Å². The summed E-state index contributed by atoms with van der Waals surface area (Å²) in [5.74, 6) is 0.203. The third-order valence-corrected chi connectivity index (χ3v) is 6.80. The number of fused-ring (bicyclic) bond motifs is 2. The first-order valence-electron chi connectivity index (χ1n) is 11.9. The molecule has 1 heterocycles. The Balaban J connectivity index is 0.00000289. The van der Waals surface area contributed by atoms with Crippen LogP contribution in [0.5, 0.6) is 5.75 Å². The molecule has 5 heteroatoms. The van der Waals surface area contributed by atoms with E-state index < -0.39 is 5.97 Å². The van der Waals surface area contributed by atoms with E-state index in [0.717, 1.165) is 37.2 Å². The minimum Gasteiger partial charge on any atom is -0.489 e. The molecule has 0 fully saturated rings. The van der Waals surface area contributed by atoms with Gasteiger partial charge in [0.05, 0.1) is 5.56 Å². The number of aryl methyl sites for hydroxylation is 1. The van der Waals surface area contributed by atoms with Gasteiger partial charge in [0, 0.05) is 18.0 Å². The highest BCUT2D eigenvalue weighted by Gasteiger charge is 2.30. The molecule has 4 aromatic carbocycles. The molecule has 5 rings (SSSR count). The van der Waals surface area contributed by atoms with Crippen LogP contribution in [0.4, 0.5) is 0 Å². The van der Waals surface area contributed by atoms with Crippen LogP contribution in [0.2, 0.25) is 0 Å². The molecule has 2 N–H and O–H groups in total. The van der Waals surface area contributed by atoms with Crippen molar-refractivity contribution in [1.82, 2.24) is 5.32 Å². The molecule has 0 spiro atoms. The van der Waals surface area contributed by atoms with Crippen LogP contribution in [0, 0.1) is 6.92 Å².